The summed E-state index contributed by atoms with van der Waals surface area (Å²) in [5.41, 5.74) is 14.5. The average Bonchev–Trinajstić information content (AvgIpc) is 3.10. The highest BCUT2D eigenvalue weighted by Gasteiger charge is 2.34. The zero-order valence-electron chi connectivity index (χ0n) is 15.2. The zero-order chi connectivity index (χ0) is 19.7. The van der Waals surface area contributed by atoms with Crippen LogP contribution in [0.2, 0.25) is 0 Å². The molecule has 5 N–H and O–H groups in total. The van der Waals surface area contributed by atoms with E-state index in [1.54, 1.807) is 24.7 Å². The monoisotopic (exact) mass is 396 g/mol. The summed E-state index contributed by atoms with van der Waals surface area (Å²) in [5, 5.41) is 4.08. The summed E-state index contributed by atoms with van der Waals surface area (Å²) in [7, 11) is 0. The van der Waals surface area contributed by atoms with Crippen LogP contribution in [0.4, 0.5) is 5.82 Å². The van der Waals surface area contributed by atoms with Crippen molar-refractivity contribution in [3.8, 4) is 0 Å². The predicted octanol–water partition coefficient (Wildman–Crippen LogP) is 2.80. The predicted molar refractivity (Wildman–Crippen MR) is 111 cm³/mol. The molecular formula is C20H21ClN6O. The number of fused-ring (bicyclic) bond motifs is 3. The van der Waals surface area contributed by atoms with Crippen molar-refractivity contribution in [1.82, 2.24) is 19.9 Å². The number of benzene rings is 1. The van der Waals surface area contributed by atoms with Crippen LogP contribution in [-0.2, 0) is 11.3 Å². The molecule has 1 atom stereocenters. The minimum absolute atomic E-state index is 0.384. The van der Waals surface area contributed by atoms with Gasteiger partial charge in [0, 0.05) is 11.9 Å². The van der Waals surface area contributed by atoms with Crippen molar-refractivity contribution in [2.75, 3.05) is 5.73 Å². The Morgan fingerprint density at radius 2 is 2.11 bits per heavy atom. The number of nitrogens with one attached hydrogen (secondary N) is 1. The number of carbonyl (C=O) groups is 1. The van der Waals surface area contributed by atoms with Crippen LogP contribution in [-0.4, -0.2) is 25.4 Å². The summed E-state index contributed by atoms with van der Waals surface area (Å²) in [6, 6.07) is 7.89. The highest BCUT2D eigenvalue weighted by molar-refractivity contribution is 6.29. The third-order valence-corrected chi connectivity index (χ3v) is 5.52. The normalized spacial score (nSPS) is 19.0. The van der Waals surface area contributed by atoms with Gasteiger partial charge >= 0.3 is 0 Å². The van der Waals surface area contributed by atoms with Gasteiger partial charge in [0.15, 0.2) is 5.82 Å². The van der Waals surface area contributed by atoms with Crippen LogP contribution in [0.25, 0.3) is 21.9 Å². The van der Waals surface area contributed by atoms with Crippen LogP contribution < -0.4 is 16.8 Å². The lowest BCUT2D eigenvalue weighted by Crippen LogP contribution is -2.44. The Balaban J connectivity index is 1.50. The van der Waals surface area contributed by atoms with Gasteiger partial charge in [-0.25, -0.2) is 9.97 Å². The molecule has 144 valence electrons. The van der Waals surface area contributed by atoms with Gasteiger partial charge in [-0.15, -0.1) is 0 Å². The highest BCUT2D eigenvalue weighted by Crippen LogP contribution is 2.31. The number of primary amides is 1. The number of nitrogens with two attached hydrogens (primary N) is 2. The molecule has 7 nitrogen and oxygen atoms in total. The number of aromatic nitrogens is 3. The van der Waals surface area contributed by atoms with E-state index in [1.807, 2.05) is 24.3 Å². The van der Waals surface area contributed by atoms with E-state index in [1.165, 1.54) is 0 Å². The van der Waals surface area contributed by atoms with Gasteiger partial charge in [-0.2, -0.15) is 0 Å². The molecule has 0 radical (unpaired) electrons. The highest BCUT2D eigenvalue weighted by atomic mass is 35.5. The molecule has 1 aliphatic rings. The van der Waals surface area contributed by atoms with Gasteiger partial charge < -0.3 is 21.4 Å². The van der Waals surface area contributed by atoms with Crippen LogP contribution in [0, 0.1) is 0 Å². The molecule has 3 aromatic rings. The van der Waals surface area contributed by atoms with Crippen molar-refractivity contribution >= 4 is 45.3 Å². The van der Waals surface area contributed by atoms with Crippen LogP contribution in [0.3, 0.4) is 0 Å². The van der Waals surface area contributed by atoms with Gasteiger partial charge in [0.2, 0.25) is 5.91 Å². The number of carbonyl (C=O) groups excluding carboxylic acids is 1. The van der Waals surface area contributed by atoms with E-state index in [0.717, 1.165) is 35.8 Å². The molecule has 0 saturated heterocycles. The zero-order valence-corrected chi connectivity index (χ0v) is 16.0. The fourth-order valence-corrected chi connectivity index (χ4v) is 4.00. The van der Waals surface area contributed by atoms with E-state index >= 15 is 0 Å². The van der Waals surface area contributed by atoms with Gasteiger partial charge in [0.05, 0.1) is 22.9 Å². The number of anilines is 1. The van der Waals surface area contributed by atoms with E-state index in [4.69, 9.17) is 23.1 Å². The van der Waals surface area contributed by atoms with E-state index in [0.29, 0.717) is 23.3 Å². The fourth-order valence-electron chi connectivity index (χ4n) is 3.65. The summed E-state index contributed by atoms with van der Waals surface area (Å²) in [4.78, 5) is 19.6. The molecule has 1 aromatic carbocycles. The second-order valence-electron chi connectivity index (χ2n) is 6.86. The first-order chi connectivity index (χ1) is 13.5. The Labute approximate surface area is 167 Å². The molecule has 0 spiro atoms. The third-order valence-electron chi connectivity index (χ3n) is 5.01. The maximum atomic E-state index is 11.7. The standard InChI is InChI=1S/C20H21ClN6O/c21-20(14(19(23)28)7-5-10-25-20)9-3-4-11-27-12-24-16-17(27)13-6-1-2-8-15(13)26-18(16)22/h1-2,5-8,10,12,25H,3-4,9,11H2,(H2,22,26)(H2,23,28). The number of para-hydroxylation sites is 1. The van der Waals surface area contributed by atoms with Gasteiger partial charge in [-0.05, 0) is 43.7 Å². The molecule has 0 fully saturated rings. The van der Waals surface area contributed by atoms with Crippen LogP contribution >= 0.6 is 11.6 Å². The van der Waals surface area contributed by atoms with Crippen molar-refractivity contribution in [2.24, 2.45) is 5.73 Å². The first-order valence-corrected chi connectivity index (χ1v) is 9.50. The van der Waals surface area contributed by atoms with Crippen molar-refractivity contribution in [2.45, 2.75) is 30.8 Å². The van der Waals surface area contributed by atoms with E-state index < -0.39 is 10.9 Å². The van der Waals surface area contributed by atoms with Crippen molar-refractivity contribution < 1.29 is 4.79 Å². The minimum atomic E-state index is -0.960. The van der Waals surface area contributed by atoms with Gasteiger partial charge in [0.25, 0.3) is 0 Å². The topological polar surface area (TPSA) is 112 Å². The average molecular weight is 397 g/mol. The molecule has 1 aliphatic heterocycles. The maximum Gasteiger partial charge on any atom is 0.248 e. The van der Waals surface area contributed by atoms with Crippen molar-refractivity contribution in [3.63, 3.8) is 0 Å². The third kappa shape index (κ3) is 3.18. The number of nitrogens with zero attached hydrogens (tertiary/aromatic N) is 3. The van der Waals surface area contributed by atoms with Gasteiger partial charge in [-0.3, -0.25) is 4.79 Å². The lowest BCUT2D eigenvalue weighted by Gasteiger charge is -2.31. The van der Waals surface area contributed by atoms with Gasteiger partial charge in [-0.1, -0.05) is 29.8 Å². The Morgan fingerprint density at radius 1 is 1.29 bits per heavy atom. The van der Waals surface area contributed by atoms with Crippen molar-refractivity contribution in [3.05, 3.63) is 54.5 Å². The number of pyridine rings is 1. The second kappa shape index (κ2) is 7.16. The number of aryl methyl sites for hydroxylation is 1. The minimum Gasteiger partial charge on any atom is -0.382 e. The molecule has 0 aliphatic carbocycles. The number of imidazole rings is 1. The number of allylic oxidation sites excluding steroid dienone is 2. The van der Waals surface area contributed by atoms with E-state index in [9.17, 15) is 4.79 Å². The Hall–Kier alpha value is -3.06. The largest absolute Gasteiger partial charge is 0.382 e. The number of nitrogen functional groups attached to an aromatic ring is 1. The number of alkyl halides is 1. The number of hydrogen-bond donors (Lipinski definition) is 3. The molecule has 2 aromatic heterocycles. The smallest absolute Gasteiger partial charge is 0.248 e. The molecule has 1 unspecified atom stereocenters. The molecule has 3 heterocycles. The number of dihydropyridines is 1. The molecule has 8 heteroatoms. The number of amides is 1. The van der Waals surface area contributed by atoms with Crippen LogP contribution in [0.1, 0.15) is 19.3 Å². The molecule has 4 rings (SSSR count). The van der Waals surface area contributed by atoms with Crippen LogP contribution in [0.15, 0.2) is 54.5 Å². The Bertz CT molecular complexity index is 1120. The summed E-state index contributed by atoms with van der Waals surface area (Å²) >= 11 is 6.62. The number of rotatable bonds is 6. The maximum absolute atomic E-state index is 11.7. The number of halogens is 1. The molecule has 0 bridgehead atoms. The van der Waals surface area contributed by atoms with Crippen molar-refractivity contribution in [1.29, 1.82) is 0 Å². The molecular weight excluding hydrogens is 376 g/mol. The Morgan fingerprint density at radius 3 is 2.93 bits per heavy atom. The van der Waals surface area contributed by atoms with Crippen LogP contribution in [0.5, 0.6) is 0 Å². The van der Waals surface area contributed by atoms with E-state index in [-0.39, 0.29) is 0 Å². The first kappa shape index (κ1) is 18.3. The lowest BCUT2D eigenvalue weighted by molar-refractivity contribution is -0.115. The molecule has 28 heavy (non-hydrogen) atoms. The molecule has 0 saturated carbocycles. The summed E-state index contributed by atoms with van der Waals surface area (Å²) < 4.78 is 2.09. The summed E-state index contributed by atoms with van der Waals surface area (Å²) in [5.74, 6) is -0.0801. The SMILES string of the molecule is NC(=O)C1=CC=CNC1(Cl)CCCCn1cnc2c(N)nc3ccccc3c21. The van der Waals surface area contributed by atoms with E-state index in [2.05, 4.69) is 19.9 Å². The number of unbranched alkanes of at least 4 members (excludes halogenated alkanes) is 1. The quantitative estimate of drug-likeness (QED) is 0.337. The summed E-state index contributed by atoms with van der Waals surface area (Å²) in [6.45, 7) is 0.752. The number of hydrogen-bond acceptors (Lipinski definition) is 5. The Kier molecular flexibility index (Phi) is 4.68. The fraction of sp³-hybridized carbons (Fsp3) is 0.250. The lowest BCUT2D eigenvalue weighted by atomic mass is 9.97. The first-order valence-electron chi connectivity index (χ1n) is 9.12. The molecule has 1 amide bonds. The van der Waals surface area contributed by atoms with Gasteiger partial charge in [0.1, 0.15) is 10.5 Å². The second-order valence-corrected chi connectivity index (χ2v) is 7.50. The summed E-state index contributed by atoms with van der Waals surface area (Å²) in [6.07, 6.45) is 9.14.